The van der Waals surface area contributed by atoms with Crippen LogP contribution in [0.1, 0.15) is 31.0 Å². The standard InChI is InChI=1S/C25H23NO4/c1-2-28-21-9-4-3-7-19(21)20-8-5-6-18(26-20)15-24(27)25(12-13-25)17-10-11-22-23(14-17)30-16-29-22/h3-11,14H,2,12-13,15-16H2,1H3. The van der Waals surface area contributed by atoms with Gasteiger partial charge in [-0.05, 0) is 61.7 Å². The number of Topliss-reactive ketones (excluding diaryl/α,β-unsaturated/α-hetero) is 1. The lowest BCUT2D eigenvalue weighted by molar-refractivity contribution is -0.120. The molecule has 0 bridgehead atoms. The fourth-order valence-electron chi connectivity index (χ4n) is 4.07. The van der Waals surface area contributed by atoms with Crippen LogP contribution >= 0.6 is 0 Å². The number of benzene rings is 2. The molecule has 2 heterocycles. The van der Waals surface area contributed by atoms with Gasteiger partial charge in [0.1, 0.15) is 11.5 Å². The lowest BCUT2D eigenvalue weighted by Gasteiger charge is -2.15. The van der Waals surface area contributed by atoms with Crippen molar-refractivity contribution in [2.75, 3.05) is 13.4 Å². The average Bonchev–Trinajstić information content (AvgIpc) is 3.45. The molecule has 1 aliphatic carbocycles. The quantitative estimate of drug-likeness (QED) is 0.573. The molecule has 0 saturated heterocycles. The summed E-state index contributed by atoms with van der Waals surface area (Å²) in [6.07, 6.45) is 2.02. The summed E-state index contributed by atoms with van der Waals surface area (Å²) in [4.78, 5) is 18.1. The fourth-order valence-corrected chi connectivity index (χ4v) is 4.07. The van der Waals surface area contributed by atoms with Crippen LogP contribution in [0.3, 0.4) is 0 Å². The van der Waals surface area contributed by atoms with E-state index in [9.17, 15) is 4.79 Å². The third kappa shape index (κ3) is 3.30. The minimum atomic E-state index is -0.429. The molecule has 0 amide bonds. The van der Waals surface area contributed by atoms with Gasteiger partial charge in [-0.2, -0.15) is 0 Å². The first kappa shape index (κ1) is 18.7. The van der Waals surface area contributed by atoms with Crippen LogP contribution in [0.4, 0.5) is 0 Å². The summed E-state index contributed by atoms with van der Waals surface area (Å²) < 4.78 is 16.6. The van der Waals surface area contributed by atoms with Gasteiger partial charge in [0, 0.05) is 17.7 Å². The van der Waals surface area contributed by atoms with E-state index in [4.69, 9.17) is 19.2 Å². The van der Waals surface area contributed by atoms with Gasteiger partial charge in [0.25, 0.3) is 0 Å². The topological polar surface area (TPSA) is 57.7 Å². The molecule has 0 atom stereocenters. The molecule has 1 aliphatic heterocycles. The Bertz CT molecular complexity index is 1100. The Morgan fingerprint density at radius 2 is 1.87 bits per heavy atom. The molecule has 1 saturated carbocycles. The molecule has 3 aromatic rings. The van der Waals surface area contributed by atoms with E-state index < -0.39 is 5.41 Å². The maximum absolute atomic E-state index is 13.3. The Labute approximate surface area is 175 Å². The molecule has 1 aromatic heterocycles. The average molecular weight is 401 g/mol. The van der Waals surface area contributed by atoms with Gasteiger partial charge in [-0.25, -0.2) is 0 Å². The minimum Gasteiger partial charge on any atom is -0.493 e. The second-order valence-electron chi connectivity index (χ2n) is 7.69. The molecular formula is C25H23NO4. The molecular weight excluding hydrogens is 378 g/mol. The predicted octanol–water partition coefficient (Wildman–Crippen LogP) is 4.72. The highest BCUT2D eigenvalue weighted by molar-refractivity contribution is 5.94. The number of hydrogen-bond acceptors (Lipinski definition) is 5. The smallest absolute Gasteiger partial charge is 0.231 e. The van der Waals surface area contributed by atoms with Crippen molar-refractivity contribution in [2.45, 2.75) is 31.6 Å². The minimum absolute atomic E-state index is 0.198. The Morgan fingerprint density at radius 1 is 1.03 bits per heavy atom. The molecule has 152 valence electrons. The molecule has 0 unspecified atom stereocenters. The van der Waals surface area contributed by atoms with Crippen molar-refractivity contribution in [1.82, 2.24) is 4.98 Å². The first-order valence-electron chi connectivity index (χ1n) is 10.3. The molecule has 2 aromatic carbocycles. The van der Waals surface area contributed by atoms with Gasteiger partial charge >= 0.3 is 0 Å². The number of ketones is 1. The highest BCUT2D eigenvalue weighted by atomic mass is 16.7. The fraction of sp³-hybridized carbons (Fsp3) is 0.280. The zero-order valence-corrected chi connectivity index (χ0v) is 16.9. The molecule has 2 aliphatic rings. The van der Waals surface area contributed by atoms with Crippen LogP contribution in [-0.4, -0.2) is 24.2 Å². The van der Waals surface area contributed by atoms with Crippen molar-refractivity contribution in [3.8, 4) is 28.5 Å². The van der Waals surface area contributed by atoms with Gasteiger partial charge in [0.2, 0.25) is 6.79 Å². The van der Waals surface area contributed by atoms with E-state index >= 15 is 0 Å². The molecule has 0 radical (unpaired) electrons. The highest BCUT2D eigenvalue weighted by Crippen LogP contribution is 2.51. The van der Waals surface area contributed by atoms with Gasteiger partial charge in [0.15, 0.2) is 11.5 Å². The predicted molar refractivity (Wildman–Crippen MR) is 113 cm³/mol. The van der Waals surface area contributed by atoms with Gasteiger partial charge < -0.3 is 14.2 Å². The van der Waals surface area contributed by atoms with Crippen LogP contribution < -0.4 is 14.2 Å². The van der Waals surface area contributed by atoms with Crippen molar-refractivity contribution in [3.05, 3.63) is 71.9 Å². The Morgan fingerprint density at radius 3 is 2.70 bits per heavy atom. The normalized spacial score (nSPS) is 15.6. The number of ether oxygens (including phenoxy) is 3. The lowest BCUT2D eigenvalue weighted by atomic mass is 9.88. The molecule has 0 N–H and O–H groups in total. The molecule has 30 heavy (non-hydrogen) atoms. The maximum atomic E-state index is 13.3. The lowest BCUT2D eigenvalue weighted by Crippen LogP contribution is -2.23. The summed E-state index contributed by atoms with van der Waals surface area (Å²) in [6, 6.07) is 19.5. The second kappa shape index (κ2) is 7.48. The van der Waals surface area contributed by atoms with E-state index in [1.807, 2.05) is 67.6 Å². The summed E-state index contributed by atoms with van der Waals surface area (Å²) in [7, 11) is 0. The maximum Gasteiger partial charge on any atom is 0.231 e. The van der Waals surface area contributed by atoms with Crippen molar-refractivity contribution in [3.63, 3.8) is 0 Å². The van der Waals surface area contributed by atoms with E-state index in [1.54, 1.807) is 0 Å². The third-order valence-corrected chi connectivity index (χ3v) is 5.82. The summed E-state index contributed by atoms with van der Waals surface area (Å²) in [5, 5.41) is 0. The van der Waals surface area contributed by atoms with Crippen LogP contribution in [0.2, 0.25) is 0 Å². The van der Waals surface area contributed by atoms with Crippen LogP contribution in [-0.2, 0) is 16.6 Å². The van der Waals surface area contributed by atoms with Crippen molar-refractivity contribution in [1.29, 1.82) is 0 Å². The monoisotopic (exact) mass is 401 g/mol. The number of rotatable bonds is 7. The Hall–Kier alpha value is -3.34. The molecule has 1 fully saturated rings. The summed E-state index contributed by atoms with van der Waals surface area (Å²) >= 11 is 0. The number of aromatic nitrogens is 1. The van der Waals surface area contributed by atoms with E-state index in [-0.39, 0.29) is 12.6 Å². The number of carbonyl (C=O) groups excluding carboxylic acids is 1. The van der Waals surface area contributed by atoms with Crippen LogP contribution in [0.5, 0.6) is 17.2 Å². The number of nitrogens with zero attached hydrogens (tertiary/aromatic N) is 1. The summed E-state index contributed by atoms with van der Waals surface area (Å²) in [6.45, 7) is 2.79. The van der Waals surface area contributed by atoms with Gasteiger partial charge in [-0.3, -0.25) is 9.78 Å². The number of hydrogen-bond donors (Lipinski definition) is 0. The number of fused-ring (bicyclic) bond motifs is 1. The first-order chi connectivity index (χ1) is 14.7. The van der Waals surface area contributed by atoms with Gasteiger partial charge in [-0.15, -0.1) is 0 Å². The summed E-state index contributed by atoms with van der Waals surface area (Å²) in [5.41, 5.74) is 3.11. The van der Waals surface area contributed by atoms with E-state index in [1.165, 1.54) is 0 Å². The highest BCUT2D eigenvalue weighted by Gasteiger charge is 2.50. The van der Waals surface area contributed by atoms with E-state index in [2.05, 4.69) is 0 Å². The Balaban J connectivity index is 1.39. The van der Waals surface area contributed by atoms with Gasteiger partial charge in [0.05, 0.1) is 17.7 Å². The Kier molecular flexibility index (Phi) is 4.66. The van der Waals surface area contributed by atoms with Crippen molar-refractivity contribution in [2.24, 2.45) is 0 Å². The van der Waals surface area contributed by atoms with Crippen LogP contribution in [0, 0.1) is 0 Å². The zero-order valence-electron chi connectivity index (χ0n) is 16.9. The van der Waals surface area contributed by atoms with Crippen molar-refractivity contribution >= 4 is 5.78 Å². The van der Waals surface area contributed by atoms with E-state index in [0.29, 0.717) is 13.0 Å². The number of carbonyl (C=O) groups is 1. The molecule has 5 heteroatoms. The molecule has 5 rings (SSSR count). The molecule has 0 spiro atoms. The SMILES string of the molecule is CCOc1ccccc1-c1cccc(CC(=O)C2(c3ccc4c(c3)OCO4)CC2)n1. The third-order valence-electron chi connectivity index (χ3n) is 5.82. The van der Waals surface area contributed by atoms with Crippen LogP contribution in [0.15, 0.2) is 60.7 Å². The first-order valence-corrected chi connectivity index (χ1v) is 10.3. The number of para-hydroxylation sites is 1. The zero-order chi connectivity index (χ0) is 20.6. The second-order valence-corrected chi connectivity index (χ2v) is 7.69. The molecule has 5 nitrogen and oxygen atoms in total. The number of pyridine rings is 1. The summed E-state index contributed by atoms with van der Waals surface area (Å²) in [5.74, 6) is 2.46. The van der Waals surface area contributed by atoms with E-state index in [0.717, 1.165) is 52.6 Å². The van der Waals surface area contributed by atoms with Crippen molar-refractivity contribution < 1.29 is 19.0 Å². The van der Waals surface area contributed by atoms with Crippen LogP contribution in [0.25, 0.3) is 11.3 Å². The van der Waals surface area contributed by atoms with Gasteiger partial charge in [-0.1, -0.05) is 24.3 Å². The largest absolute Gasteiger partial charge is 0.493 e.